The molecule has 25 heavy (non-hydrogen) atoms. The number of rotatable bonds is 3. The Bertz CT molecular complexity index is 447. The van der Waals surface area contributed by atoms with E-state index in [2.05, 4.69) is 0 Å². The summed E-state index contributed by atoms with van der Waals surface area (Å²) in [5.41, 5.74) is 11.3. The van der Waals surface area contributed by atoms with Crippen LogP contribution in [-0.2, 0) is 18.9 Å². The van der Waals surface area contributed by atoms with Gasteiger partial charge in [-0.2, -0.15) is 0 Å². The van der Waals surface area contributed by atoms with Crippen molar-refractivity contribution in [3.05, 3.63) is 0 Å². The molecule has 0 bridgehead atoms. The summed E-state index contributed by atoms with van der Waals surface area (Å²) in [6.45, 7) is 9.04. The van der Waals surface area contributed by atoms with Gasteiger partial charge in [-0.3, -0.25) is 0 Å². The minimum atomic E-state index is -1.28. The molecule has 10 unspecified atom stereocenters. The van der Waals surface area contributed by atoms with Crippen LogP contribution in [0.2, 0.25) is 0 Å². The molecular weight excluding hydrogens is 332 g/mol. The highest BCUT2D eigenvalue weighted by atomic mass is 16.7. The molecule has 2 rings (SSSR count). The molecule has 2 fully saturated rings. The van der Waals surface area contributed by atoms with E-state index in [0.717, 1.165) is 0 Å². The molecular formula is C16H32N2O7. The predicted octanol–water partition coefficient (Wildman–Crippen LogP) is -1.59. The van der Waals surface area contributed by atoms with Crippen molar-refractivity contribution < 1.29 is 34.3 Å². The number of nitrogens with two attached hydrogens (primary N) is 2. The van der Waals surface area contributed by atoms with Gasteiger partial charge in [0, 0.05) is 0 Å². The average molecular weight is 364 g/mol. The van der Waals surface area contributed by atoms with Gasteiger partial charge in [-0.1, -0.05) is 0 Å². The van der Waals surface area contributed by atoms with Gasteiger partial charge in [0.1, 0.15) is 24.4 Å². The SMILES string of the molecule is CC1OC(O)C(N)C(O)C1OC1OC(C)C(OC(C)(C)C)C(O)C1N. The third-order valence-electron chi connectivity index (χ3n) is 4.51. The van der Waals surface area contributed by atoms with E-state index in [9.17, 15) is 15.3 Å². The van der Waals surface area contributed by atoms with Crippen molar-refractivity contribution in [3.63, 3.8) is 0 Å². The second-order valence-corrected chi connectivity index (χ2v) is 7.87. The summed E-state index contributed by atoms with van der Waals surface area (Å²) < 4.78 is 22.7. The summed E-state index contributed by atoms with van der Waals surface area (Å²) in [6, 6.07) is -1.90. The molecule has 9 heteroatoms. The summed E-state index contributed by atoms with van der Waals surface area (Å²) in [5.74, 6) is 0. The van der Waals surface area contributed by atoms with Crippen LogP contribution >= 0.6 is 0 Å². The van der Waals surface area contributed by atoms with Crippen molar-refractivity contribution in [1.82, 2.24) is 0 Å². The standard InChI is InChI=1S/C16H32N2O7/c1-6-12(10(19)8(17)14(21)22-6)24-15-9(18)11(20)13(7(2)23-15)25-16(3,4)5/h6-15,19-21H,17-18H2,1-5H3. The van der Waals surface area contributed by atoms with E-state index >= 15 is 0 Å². The number of hydrogen-bond donors (Lipinski definition) is 5. The minimum absolute atomic E-state index is 0.471. The maximum atomic E-state index is 10.5. The molecule has 9 nitrogen and oxygen atoms in total. The third-order valence-corrected chi connectivity index (χ3v) is 4.51. The van der Waals surface area contributed by atoms with E-state index in [0.29, 0.717) is 0 Å². The molecule has 2 aliphatic rings. The first-order chi connectivity index (χ1) is 11.4. The van der Waals surface area contributed by atoms with Gasteiger partial charge >= 0.3 is 0 Å². The largest absolute Gasteiger partial charge is 0.388 e. The maximum Gasteiger partial charge on any atom is 0.176 e. The van der Waals surface area contributed by atoms with Crippen LogP contribution in [0.25, 0.3) is 0 Å². The van der Waals surface area contributed by atoms with Crippen molar-refractivity contribution in [2.45, 2.75) is 102 Å². The van der Waals surface area contributed by atoms with Gasteiger partial charge in [0.2, 0.25) is 0 Å². The van der Waals surface area contributed by atoms with E-state index in [1.165, 1.54) is 0 Å². The van der Waals surface area contributed by atoms with Gasteiger partial charge in [-0.25, -0.2) is 0 Å². The molecule has 0 aliphatic carbocycles. The van der Waals surface area contributed by atoms with Crippen LogP contribution in [0.4, 0.5) is 0 Å². The molecule has 10 atom stereocenters. The van der Waals surface area contributed by atoms with Crippen molar-refractivity contribution in [2.75, 3.05) is 0 Å². The highest BCUT2D eigenvalue weighted by Crippen LogP contribution is 2.29. The first-order valence-electron chi connectivity index (χ1n) is 8.62. The zero-order chi connectivity index (χ0) is 19.1. The summed E-state index contributed by atoms with van der Waals surface area (Å²) in [6.07, 6.45) is -6.99. The van der Waals surface area contributed by atoms with E-state index < -0.39 is 66.9 Å². The van der Waals surface area contributed by atoms with Crippen LogP contribution in [0, 0.1) is 0 Å². The fourth-order valence-electron chi connectivity index (χ4n) is 3.13. The summed E-state index contributed by atoms with van der Waals surface area (Å²) >= 11 is 0. The molecule has 0 saturated carbocycles. The molecule has 2 aliphatic heterocycles. The van der Waals surface area contributed by atoms with Crippen molar-refractivity contribution in [2.24, 2.45) is 11.5 Å². The lowest BCUT2D eigenvalue weighted by molar-refractivity contribution is -0.323. The van der Waals surface area contributed by atoms with Crippen LogP contribution in [0.5, 0.6) is 0 Å². The van der Waals surface area contributed by atoms with Gasteiger partial charge in [-0.15, -0.1) is 0 Å². The zero-order valence-electron chi connectivity index (χ0n) is 15.4. The van der Waals surface area contributed by atoms with Crippen LogP contribution < -0.4 is 11.5 Å². The fourth-order valence-corrected chi connectivity index (χ4v) is 3.13. The van der Waals surface area contributed by atoms with Crippen LogP contribution in [0.15, 0.2) is 0 Å². The van der Waals surface area contributed by atoms with Crippen LogP contribution in [0.1, 0.15) is 34.6 Å². The topological polar surface area (TPSA) is 150 Å². The second-order valence-electron chi connectivity index (χ2n) is 7.87. The zero-order valence-corrected chi connectivity index (χ0v) is 15.4. The lowest BCUT2D eigenvalue weighted by atomic mass is 9.95. The average Bonchev–Trinajstić information content (AvgIpc) is 2.49. The molecule has 7 N–H and O–H groups in total. The van der Waals surface area contributed by atoms with Crippen LogP contribution in [0.3, 0.4) is 0 Å². The fraction of sp³-hybridized carbons (Fsp3) is 1.00. The Morgan fingerprint density at radius 2 is 1.36 bits per heavy atom. The Balaban J connectivity index is 2.06. The number of aliphatic hydroxyl groups excluding tert-OH is 3. The van der Waals surface area contributed by atoms with Gasteiger partial charge in [0.15, 0.2) is 12.6 Å². The highest BCUT2D eigenvalue weighted by molar-refractivity contribution is 4.95. The molecule has 0 amide bonds. The Labute approximate surface area is 148 Å². The van der Waals surface area contributed by atoms with Gasteiger partial charge < -0.3 is 45.7 Å². The Morgan fingerprint density at radius 3 is 1.92 bits per heavy atom. The Hall–Kier alpha value is -0.360. The van der Waals surface area contributed by atoms with Gasteiger partial charge in [0.05, 0.1) is 29.9 Å². The van der Waals surface area contributed by atoms with Crippen molar-refractivity contribution in [3.8, 4) is 0 Å². The molecule has 0 aromatic rings. The predicted molar refractivity (Wildman–Crippen MR) is 88.4 cm³/mol. The normalized spacial score (nSPS) is 49.2. The second kappa shape index (κ2) is 7.71. The lowest BCUT2D eigenvalue weighted by Gasteiger charge is -2.47. The minimum Gasteiger partial charge on any atom is -0.388 e. The smallest absolute Gasteiger partial charge is 0.176 e. The Morgan fingerprint density at radius 1 is 0.840 bits per heavy atom. The Kier molecular flexibility index (Phi) is 6.46. The lowest BCUT2D eigenvalue weighted by Crippen LogP contribution is -2.66. The quantitative estimate of drug-likeness (QED) is 0.399. The number of hydrogen-bond acceptors (Lipinski definition) is 9. The van der Waals surface area contributed by atoms with E-state index in [-0.39, 0.29) is 0 Å². The first kappa shape index (κ1) is 20.9. The molecule has 2 saturated heterocycles. The molecule has 148 valence electrons. The molecule has 0 radical (unpaired) electrons. The summed E-state index contributed by atoms with van der Waals surface area (Å²) in [7, 11) is 0. The molecule has 0 aromatic carbocycles. The van der Waals surface area contributed by atoms with Gasteiger partial charge in [-0.05, 0) is 34.6 Å². The van der Waals surface area contributed by atoms with E-state index in [1.807, 2.05) is 20.8 Å². The third kappa shape index (κ3) is 4.68. The van der Waals surface area contributed by atoms with Gasteiger partial charge in [0.25, 0.3) is 0 Å². The van der Waals surface area contributed by atoms with Crippen LogP contribution in [-0.4, -0.2) is 82.2 Å². The number of aliphatic hydroxyl groups is 3. The molecule has 0 aromatic heterocycles. The monoisotopic (exact) mass is 364 g/mol. The van der Waals surface area contributed by atoms with Crippen molar-refractivity contribution >= 4 is 0 Å². The van der Waals surface area contributed by atoms with Crippen molar-refractivity contribution in [1.29, 1.82) is 0 Å². The van der Waals surface area contributed by atoms with E-state index in [1.54, 1.807) is 13.8 Å². The molecule has 0 spiro atoms. The molecule has 2 heterocycles. The maximum absolute atomic E-state index is 10.5. The highest BCUT2D eigenvalue weighted by Gasteiger charge is 2.48. The summed E-state index contributed by atoms with van der Waals surface area (Å²) in [5, 5.41) is 30.4. The summed E-state index contributed by atoms with van der Waals surface area (Å²) in [4.78, 5) is 0. The number of ether oxygens (including phenoxy) is 4. The first-order valence-corrected chi connectivity index (χ1v) is 8.62. The van der Waals surface area contributed by atoms with E-state index in [4.69, 9.17) is 30.4 Å².